The van der Waals surface area contributed by atoms with Crippen molar-refractivity contribution < 1.29 is 0 Å². The van der Waals surface area contributed by atoms with E-state index in [9.17, 15) is 0 Å². The van der Waals surface area contributed by atoms with Crippen LogP contribution in [0.2, 0.25) is 0 Å². The number of halogens is 1. The molecule has 0 N–H and O–H groups in total. The van der Waals surface area contributed by atoms with Crippen LogP contribution in [0, 0.1) is 0 Å². The van der Waals surface area contributed by atoms with E-state index in [4.69, 9.17) is 11.6 Å². The fraction of sp³-hybridized carbons (Fsp3) is 0.222. The number of hydrogen-bond donors (Lipinski definition) is 0. The second kappa shape index (κ2) is 7.43. The van der Waals surface area contributed by atoms with Crippen molar-refractivity contribution in [3.63, 3.8) is 0 Å². The van der Waals surface area contributed by atoms with E-state index in [0.29, 0.717) is 5.17 Å². The van der Waals surface area contributed by atoms with E-state index in [0.717, 1.165) is 5.71 Å². The summed E-state index contributed by atoms with van der Waals surface area (Å²) in [6.07, 6.45) is 6.51. The quantitative estimate of drug-likeness (QED) is 0.621. The molecular weight excluding hydrogens is 186 g/mol. The lowest BCUT2D eigenvalue weighted by molar-refractivity contribution is 1.46. The number of rotatable bonds is 4. The van der Waals surface area contributed by atoms with Gasteiger partial charge in [-0.3, -0.25) is 15.0 Å². The largest absolute Gasteiger partial charge is 0.277 e. The van der Waals surface area contributed by atoms with Gasteiger partial charge in [0.2, 0.25) is 0 Å². The Hall–Kier alpha value is -1.22. The van der Waals surface area contributed by atoms with Gasteiger partial charge in [-0.05, 0) is 25.8 Å². The Balaban J connectivity index is 4.21. The zero-order valence-electron chi connectivity index (χ0n) is 7.74. The van der Waals surface area contributed by atoms with Gasteiger partial charge in [-0.1, -0.05) is 11.6 Å². The van der Waals surface area contributed by atoms with Crippen LogP contribution in [0.4, 0.5) is 0 Å². The van der Waals surface area contributed by atoms with E-state index in [-0.39, 0.29) is 0 Å². The molecule has 0 atom stereocenters. The molecule has 0 aromatic carbocycles. The molecule has 0 saturated heterocycles. The minimum absolute atomic E-state index is 0.445. The minimum Gasteiger partial charge on any atom is -0.277 e. The van der Waals surface area contributed by atoms with Gasteiger partial charge < -0.3 is 0 Å². The van der Waals surface area contributed by atoms with Gasteiger partial charge in [-0.15, -0.1) is 0 Å². The molecular formula is C9H12ClN3. The van der Waals surface area contributed by atoms with Crippen LogP contribution in [0.25, 0.3) is 0 Å². The highest BCUT2D eigenvalue weighted by Crippen LogP contribution is 1.89. The Morgan fingerprint density at radius 2 is 2.00 bits per heavy atom. The monoisotopic (exact) mass is 197 g/mol. The average molecular weight is 198 g/mol. The Labute approximate surface area is 83.3 Å². The van der Waals surface area contributed by atoms with Crippen molar-refractivity contribution in [2.24, 2.45) is 15.0 Å². The fourth-order valence-electron chi connectivity index (χ4n) is 0.505. The summed E-state index contributed by atoms with van der Waals surface area (Å²) in [5.74, 6) is 0. The third kappa shape index (κ3) is 7.15. The predicted octanol–water partition coefficient (Wildman–Crippen LogP) is 2.44. The van der Waals surface area contributed by atoms with Gasteiger partial charge in [0.1, 0.15) is 5.17 Å². The summed E-state index contributed by atoms with van der Waals surface area (Å²) in [5.41, 5.74) is 0.821. The molecule has 0 fully saturated rings. The molecule has 0 spiro atoms. The lowest BCUT2D eigenvalue weighted by Crippen LogP contribution is -1.85. The molecule has 70 valence electrons. The van der Waals surface area contributed by atoms with Crippen LogP contribution in [0.15, 0.2) is 39.5 Å². The first kappa shape index (κ1) is 11.8. The zero-order valence-corrected chi connectivity index (χ0v) is 8.49. The summed E-state index contributed by atoms with van der Waals surface area (Å²) in [4.78, 5) is 11.3. The van der Waals surface area contributed by atoms with Crippen molar-refractivity contribution in [2.45, 2.75) is 6.92 Å². The summed E-state index contributed by atoms with van der Waals surface area (Å²) in [5, 5.41) is 0.445. The first-order chi connectivity index (χ1) is 6.20. The van der Waals surface area contributed by atoms with Crippen molar-refractivity contribution >= 4 is 29.2 Å². The normalized spacial score (nSPS) is 14.4. The second-order valence-electron chi connectivity index (χ2n) is 2.13. The number of nitrogens with zero attached hydrogens (tertiary/aromatic N) is 3. The maximum Gasteiger partial charge on any atom is 0.123 e. The third-order valence-corrected chi connectivity index (χ3v) is 1.42. The van der Waals surface area contributed by atoms with Crippen molar-refractivity contribution in [2.75, 3.05) is 7.05 Å². The molecule has 0 aliphatic rings. The van der Waals surface area contributed by atoms with Crippen LogP contribution in [0.5, 0.6) is 0 Å². The minimum atomic E-state index is 0.445. The fourth-order valence-corrected chi connectivity index (χ4v) is 0.568. The van der Waals surface area contributed by atoms with E-state index in [1.54, 1.807) is 25.4 Å². The molecule has 0 saturated carbocycles. The Kier molecular flexibility index (Phi) is 6.73. The second-order valence-corrected chi connectivity index (χ2v) is 2.52. The van der Waals surface area contributed by atoms with Crippen LogP contribution in [-0.2, 0) is 0 Å². The molecule has 0 aliphatic heterocycles. The summed E-state index contributed by atoms with van der Waals surface area (Å²) < 4.78 is 0. The van der Waals surface area contributed by atoms with Gasteiger partial charge >= 0.3 is 0 Å². The van der Waals surface area contributed by atoms with E-state index >= 15 is 0 Å². The van der Waals surface area contributed by atoms with E-state index in [2.05, 4.69) is 21.7 Å². The Morgan fingerprint density at radius 3 is 2.54 bits per heavy atom. The molecule has 0 aromatic rings. The lowest BCUT2D eigenvalue weighted by atomic mass is 10.4. The SMILES string of the molecule is C=N\C=C/N=C(C)\C=C/C(Cl)=NC. The molecule has 0 amide bonds. The summed E-state index contributed by atoms with van der Waals surface area (Å²) in [7, 11) is 1.63. The van der Waals surface area contributed by atoms with Crippen molar-refractivity contribution in [1.82, 2.24) is 0 Å². The van der Waals surface area contributed by atoms with Crippen LogP contribution >= 0.6 is 11.6 Å². The molecule has 0 aromatic heterocycles. The summed E-state index contributed by atoms with van der Waals surface area (Å²) >= 11 is 5.63. The van der Waals surface area contributed by atoms with Crippen LogP contribution in [0.3, 0.4) is 0 Å². The van der Waals surface area contributed by atoms with E-state index in [1.807, 2.05) is 6.92 Å². The topological polar surface area (TPSA) is 37.1 Å². The number of allylic oxidation sites excluding steroid dienone is 2. The lowest BCUT2D eigenvalue weighted by Gasteiger charge is -1.87. The highest BCUT2D eigenvalue weighted by molar-refractivity contribution is 6.68. The van der Waals surface area contributed by atoms with Gasteiger partial charge in [0, 0.05) is 25.2 Å². The number of aliphatic imine (C=N–C) groups is 3. The molecule has 0 radical (unpaired) electrons. The smallest absolute Gasteiger partial charge is 0.123 e. The summed E-state index contributed by atoms with van der Waals surface area (Å²) in [6.45, 7) is 5.13. The molecule has 3 nitrogen and oxygen atoms in total. The number of hydrogen-bond acceptors (Lipinski definition) is 3. The van der Waals surface area contributed by atoms with E-state index in [1.165, 1.54) is 6.20 Å². The Morgan fingerprint density at radius 1 is 1.31 bits per heavy atom. The van der Waals surface area contributed by atoms with Crippen LogP contribution < -0.4 is 0 Å². The first-order valence-electron chi connectivity index (χ1n) is 3.66. The first-order valence-corrected chi connectivity index (χ1v) is 4.04. The van der Waals surface area contributed by atoms with Gasteiger partial charge in [0.05, 0.1) is 0 Å². The van der Waals surface area contributed by atoms with Gasteiger partial charge in [-0.25, -0.2) is 0 Å². The standard InChI is InChI=1S/C9H12ClN3/c1-8(13-7-6-11-2)4-5-9(10)12-3/h4-7H,2H2,1,3H3/b5-4-,7-6-,12-9?,13-8-. The van der Waals surface area contributed by atoms with Gasteiger partial charge in [-0.2, -0.15) is 0 Å². The molecule has 0 unspecified atom stereocenters. The average Bonchev–Trinajstić information content (AvgIpc) is 2.14. The maximum absolute atomic E-state index is 5.63. The van der Waals surface area contributed by atoms with Crippen LogP contribution in [0.1, 0.15) is 6.92 Å². The molecule has 0 heterocycles. The molecule has 0 aliphatic carbocycles. The zero-order chi connectivity index (χ0) is 10.1. The highest BCUT2D eigenvalue weighted by atomic mass is 35.5. The summed E-state index contributed by atoms with van der Waals surface area (Å²) in [6, 6.07) is 0. The predicted molar refractivity (Wildman–Crippen MR) is 60.2 cm³/mol. The molecule has 0 rings (SSSR count). The van der Waals surface area contributed by atoms with Crippen LogP contribution in [-0.4, -0.2) is 24.6 Å². The molecule has 4 heteroatoms. The molecule has 0 bridgehead atoms. The third-order valence-electron chi connectivity index (χ3n) is 1.13. The van der Waals surface area contributed by atoms with Crippen molar-refractivity contribution in [1.29, 1.82) is 0 Å². The Bertz CT molecular complexity index is 275. The van der Waals surface area contributed by atoms with Crippen molar-refractivity contribution in [3.05, 3.63) is 24.6 Å². The van der Waals surface area contributed by atoms with Gasteiger partial charge in [0.15, 0.2) is 0 Å². The van der Waals surface area contributed by atoms with E-state index < -0.39 is 0 Å². The maximum atomic E-state index is 5.63. The van der Waals surface area contributed by atoms with Gasteiger partial charge in [0.25, 0.3) is 0 Å². The highest BCUT2D eigenvalue weighted by Gasteiger charge is 1.83. The molecule has 13 heavy (non-hydrogen) atoms. The van der Waals surface area contributed by atoms with Crippen molar-refractivity contribution in [3.8, 4) is 0 Å².